The van der Waals surface area contributed by atoms with Crippen molar-refractivity contribution in [3.05, 3.63) is 35.9 Å². The highest BCUT2D eigenvalue weighted by Gasteiger charge is 2.29. The second-order valence-corrected chi connectivity index (χ2v) is 6.29. The van der Waals surface area contributed by atoms with E-state index in [4.69, 9.17) is 9.47 Å². The number of hydrogen-bond donors (Lipinski definition) is 1. The highest BCUT2D eigenvalue weighted by atomic mass is 16.5. The molecule has 1 heterocycles. The molecule has 3 nitrogen and oxygen atoms in total. The van der Waals surface area contributed by atoms with Gasteiger partial charge in [0, 0.05) is 19.3 Å². The van der Waals surface area contributed by atoms with Crippen LogP contribution in [0, 0.1) is 0 Å². The molecule has 3 heteroatoms. The van der Waals surface area contributed by atoms with E-state index in [0.29, 0.717) is 12.1 Å². The van der Waals surface area contributed by atoms with E-state index in [-0.39, 0.29) is 0 Å². The molecule has 1 aromatic carbocycles. The van der Waals surface area contributed by atoms with E-state index < -0.39 is 0 Å². The van der Waals surface area contributed by atoms with Crippen LogP contribution in [0.2, 0.25) is 0 Å². The summed E-state index contributed by atoms with van der Waals surface area (Å²) in [6.07, 6.45) is 6.37. The molecule has 2 aliphatic rings. The van der Waals surface area contributed by atoms with Crippen molar-refractivity contribution < 1.29 is 9.47 Å². The summed E-state index contributed by atoms with van der Waals surface area (Å²) < 4.78 is 11.2. The van der Waals surface area contributed by atoms with E-state index in [2.05, 4.69) is 35.6 Å². The molecule has 0 spiro atoms. The highest BCUT2D eigenvalue weighted by molar-refractivity contribution is 5.22. The van der Waals surface area contributed by atoms with E-state index in [0.717, 1.165) is 38.7 Å². The third kappa shape index (κ3) is 4.53. The molecule has 1 unspecified atom stereocenters. The molecular weight excluding hydrogens is 262 g/mol. The molecule has 1 aliphatic heterocycles. The number of nitrogens with one attached hydrogen (secondary N) is 1. The fourth-order valence-electron chi connectivity index (χ4n) is 3.25. The van der Waals surface area contributed by atoms with Crippen LogP contribution in [0.1, 0.15) is 43.6 Å². The molecule has 1 saturated carbocycles. The Hall–Kier alpha value is -0.900. The summed E-state index contributed by atoms with van der Waals surface area (Å²) in [4.78, 5) is 0. The monoisotopic (exact) mass is 289 g/mol. The van der Waals surface area contributed by atoms with Gasteiger partial charge < -0.3 is 14.8 Å². The fraction of sp³-hybridized carbons (Fsp3) is 0.667. The van der Waals surface area contributed by atoms with Crippen molar-refractivity contribution in [2.45, 2.75) is 50.2 Å². The molecule has 1 aliphatic carbocycles. The van der Waals surface area contributed by atoms with Gasteiger partial charge in [-0.25, -0.2) is 0 Å². The SMILES string of the molecule is c1ccc(C2CC(NCCCOCC3CCCO3)C2)cc1. The van der Waals surface area contributed by atoms with Gasteiger partial charge in [0.15, 0.2) is 0 Å². The summed E-state index contributed by atoms with van der Waals surface area (Å²) in [7, 11) is 0. The van der Waals surface area contributed by atoms with Crippen LogP contribution in [0.3, 0.4) is 0 Å². The van der Waals surface area contributed by atoms with Gasteiger partial charge in [0.1, 0.15) is 0 Å². The first-order valence-corrected chi connectivity index (χ1v) is 8.39. The summed E-state index contributed by atoms with van der Waals surface area (Å²) in [6, 6.07) is 11.6. The van der Waals surface area contributed by atoms with Crippen molar-refractivity contribution in [2.75, 3.05) is 26.4 Å². The zero-order chi connectivity index (χ0) is 14.3. The molecule has 1 saturated heterocycles. The molecule has 0 amide bonds. The minimum Gasteiger partial charge on any atom is -0.379 e. The van der Waals surface area contributed by atoms with Crippen LogP contribution in [-0.2, 0) is 9.47 Å². The minimum absolute atomic E-state index is 0.358. The maximum absolute atomic E-state index is 5.68. The third-order valence-corrected chi connectivity index (χ3v) is 4.64. The number of benzene rings is 1. The molecule has 0 radical (unpaired) electrons. The Bertz CT molecular complexity index is 397. The molecule has 2 fully saturated rings. The van der Waals surface area contributed by atoms with Crippen molar-refractivity contribution in [1.29, 1.82) is 0 Å². The number of ether oxygens (including phenoxy) is 2. The molecule has 1 aromatic rings. The maximum Gasteiger partial charge on any atom is 0.0809 e. The maximum atomic E-state index is 5.68. The van der Waals surface area contributed by atoms with Crippen molar-refractivity contribution in [1.82, 2.24) is 5.32 Å². The van der Waals surface area contributed by atoms with E-state index in [1.54, 1.807) is 0 Å². The first-order chi connectivity index (χ1) is 10.4. The summed E-state index contributed by atoms with van der Waals surface area (Å²) in [6.45, 7) is 3.61. The molecule has 0 aromatic heterocycles. The van der Waals surface area contributed by atoms with E-state index in [1.165, 1.54) is 31.2 Å². The van der Waals surface area contributed by atoms with Crippen LogP contribution < -0.4 is 5.32 Å². The van der Waals surface area contributed by atoms with Gasteiger partial charge in [-0.2, -0.15) is 0 Å². The summed E-state index contributed by atoms with van der Waals surface area (Å²) in [5.74, 6) is 0.763. The lowest BCUT2D eigenvalue weighted by Gasteiger charge is -2.36. The largest absolute Gasteiger partial charge is 0.379 e. The van der Waals surface area contributed by atoms with Crippen molar-refractivity contribution in [3.63, 3.8) is 0 Å². The zero-order valence-corrected chi connectivity index (χ0v) is 12.8. The van der Waals surface area contributed by atoms with Gasteiger partial charge >= 0.3 is 0 Å². The predicted octanol–water partition coefficient (Wildman–Crippen LogP) is 3.11. The topological polar surface area (TPSA) is 30.5 Å². The fourth-order valence-corrected chi connectivity index (χ4v) is 3.25. The first-order valence-electron chi connectivity index (χ1n) is 8.39. The van der Waals surface area contributed by atoms with Crippen LogP contribution in [0.4, 0.5) is 0 Å². The Balaban J connectivity index is 1.19. The lowest BCUT2D eigenvalue weighted by molar-refractivity contribution is 0.0163. The van der Waals surface area contributed by atoms with Gasteiger partial charge in [0.05, 0.1) is 12.7 Å². The zero-order valence-electron chi connectivity index (χ0n) is 12.8. The Morgan fingerprint density at radius 1 is 1.19 bits per heavy atom. The Morgan fingerprint density at radius 2 is 2.05 bits per heavy atom. The molecule has 116 valence electrons. The van der Waals surface area contributed by atoms with Gasteiger partial charge in [0.25, 0.3) is 0 Å². The summed E-state index contributed by atoms with van der Waals surface area (Å²) in [5.41, 5.74) is 1.50. The smallest absolute Gasteiger partial charge is 0.0809 e. The van der Waals surface area contributed by atoms with Gasteiger partial charge in [-0.05, 0) is 50.1 Å². The van der Waals surface area contributed by atoms with Crippen molar-refractivity contribution in [2.24, 2.45) is 0 Å². The second kappa shape index (κ2) is 7.92. The normalized spacial score (nSPS) is 28.5. The molecule has 1 N–H and O–H groups in total. The number of hydrogen-bond acceptors (Lipinski definition) is 3. The van der Waals surface area contributed by atoms with Crippen LogP contribution in [0.15, 0.2) is 30.3 Å². The van der Waals surface area contributed by atoms with Gasteiger partial charge in [-0.3, -0.25) is 0 Å². The van der Waals surface area contributed by atoms with Crippen LogP contribution in [0.25, 0.3) is 0 Å². The lowest BCUT2D eigenvalue weighted by Crippen LogP contribution is -2.40. The molecule has 1 atom stereocenters. The average Bonchev–Trinajstić information content (AvgIpc) is 2.98. The van der Waals surface area contributed by atoms with E-state index >= 15 is 0 Å². The first kappa shape index (κ1) is 15.0. The standard InChI is InChI=1S/C18H27NO2/c1-2-6-15(7-3-1)16-12-17(13-16)19-9-5-10-20-14-18-8-4-11-21-18/h1-3,6-7,16-19H,4-5,8-14H2. The molecule has 3 rings (SSSR count). The third-order valence-electron chi connectivity index (χ3n) is 4.64. The lowest BCUT2D eigenvalue weighted by atomic mass is 9.76. The van der Waals surface area contributed by atoms with Crippen molar-refractivity contribution >= 4 is 0 Å². The predicted molar refractivity (Wildman–Crippen MR) is 84.6 cm³/mol. The minimum atomic E-state index is 0.358. The van der Waals surface area contributed by atoms with Crippen LogP contribution in [0.5, 0.6) is 0 Å². The van der Waals surface area contributed by atoms with Gasteiger partial charge in [-0.1, -0.05) is 30.3 Å². The van der Waals surface area contributed by atoms with Gasteiger partial charge in [0.2, 0.25) is 0 Å². The second-order valence-electron chi connectivity index (χ2n) is 6.29. The summed E-state index contributed by atoms with van der Waals surface area (Å²) in [5, 5.41) is 3.64. The highest BCUT2D eigenvalue weighted by Crippen LogP contribution is 2.36. The Labute approximate surface area is 128 Å². The van der Waals surface area contributed by atoms with Crippen molar-refractivity contribution in [3.8, 4) is 0 Å². The number of rotatable bonds is 8. The van der Waals surface area contributed by atoms with Gasteiger partial charge in [-0.15, -0.1) is 0 Å². The van der Waals surface area contributed by atoms with Crippen LogP contribution >= 0.6 is 0 Å². The quantitative estimate of drug-likeness (QED) is 0.746. The molecule has 0 bridgehead atoms. The molecular formula is C18H27NO2. The Morgan fingerprint density at radius 3 is 2.81 bits per heavy atom. The van der Waals surface area contributed by atoms with E-state index in [9.17, 15) is 0 Å². The Kier molecular flexibility index (Phi) is 5.67. The summed E-state index contributed by atoms with van der Waals surface area (Å²) >= 11 is 0. The van der Waals surface area contributed by atoms with E-state index in [1.807, 2.05) is 0 Å². The molecule has 21 heavy (non-hydrogen) atoms. The average molecular weight is 289 g/mol. The van der Waals surface area contributed by atoms with Crippen LogP contribution in [-0.4, -0.2) is 38.5 Å².